The third-order valence-electron chi connectivity index (χ3n) is 2.94. The molecule has 0 unspecified atom stereocenters. The summed E-state index contributed by atoms with van der Waals surface area (Å²) in [7, 11) is 0. The van der Waals surface area contributed by atoms with Crippen LogP contribution in [0, 0.1) is 0 Å². The van der Waals surface area contributed by atoms with Gasteiger partial charge in [0.15, 0.2) is 0 Å². The number of hydrogen-bond acceptors (Lipinski definition) is 1. The Balaban J connectivity index is 2.20. The van der Waals surface area contributed by atoms with E-state index in [2.05, 4.69) is 12.1 Å². The zero-order valence-electron chi connectivity index (χ0n) is 9.38. The summed E-state index contributed by atoms with van der Waals surface area (Å²) in [6.45, 7) is 2.05. The van der Waals surface area contributed by atoms with Crippen molar-refractivity contribution in [2.24, 2.45) is 0 Å². The van der Waals surface area contributed by atoms with E-state index >= 15 is 0 Å². The van der Waals surface area contributed by atoms with Crippen LogP contribution < -0.4 is 0 Å². The van der Waals surface area contributed by atoms with E-state index in [0.29, 0.717) is 0 Å². The lowest BCUT2D eigenvalue weighted by atomic mass is 9.91. The Kier molecular flexibility index (Phi) is 3.37. The SMILES string of the molecule is C[C@@H](c1ccccc1)[C@@H](O)c1ccccc1. The van der Waals surface area contributed by atoms with Crippen molar-refractivity contribution in [3.63, 3.8) is 0 Å². The minimum absolute atomic E-state index is 0.114. The smallest absolute Gasteiger partial charge is 0.0855 e. The molecular formula is C15H16O. The second-order valence-corrected chi connectivity index (χ2v) is 4.05. The normalized spacial score (nSPS) is 14.4. The van der Waals surface area contributed by atoms with Crippen LogP contribution in [0.25, 0.3) is 0 Å². The quantitative estimate of drug-likeness (QED) is 0.825. The van der Waals surface area contributed by atoms with E-state index in [1.165, 1.54) is 5.56 Å². The molecule has 0 bridgehead atoms. The topological polar surface area (TPSA) is 20.2 Å². The van der Waals surface area contributed by atoms with Gasteiger partial charge in [0.1, 0.15) is 0 Å². The minimum Gasteiger partial charge on any atom is -0.388 e. The summed E-state index contributed by atoms with van der Waals surface area (Å²) in [6, 6.07) is 19.9. The molecule has 0 spiro atoms. The fourth-order valence-corrected chi connectivity index (χ4v) is 1.88. The van der Waals surface area contributed by atoms with Crippen LogP contribution in [0.15, 0.2) is 60.7 Å². The second-order valence-electron chi connectivity index (χ2n) is 4.05. The van der Waals surface area contributed by atoms with Crippen molar-refractivity contribution in [1.82, 2.24) is 0 Å². The molecule has 0 aliphatic heterocycles. The predicted octanol–water partition coefficient (Wildman–Crippen LogP) is 3.52. The first-order chi connectivity index (χ1) is 7.79. The molecule has 2 atom stereocenters. The summed E-state index contributed by atoms with van der Waals surface area (Å²) in [5.41, 5.74) is 2.14. The summed E-state index contributed by atoms with van der Waals surface area (Å²) in [4.78, 5) is 0. The molecule has 0 saturated heterocycles. The van der Waals surface area contributed by atoms with Gasteiger partial charge in [-0.3, -0.25) is 0 Å². The zero-order valence-corrected chi connectivity index (χ0v) is 9.38. The largest absolute Gasteiger partial charge is 0.388 e. The summed E-state index contributed by atoms with van der Waals surface area (Å²) >= 11 is 0. The number of rotatable bonds is 3. The first-order valence-corrected chi connectivity index (χ1v) is 5.57. The molecule has 16 heavy (non-hydrogen) atoms. The van der Waals surface area contributed by atoms with Crippen molar-refractivity contribution in [1.29, 1.82) is 0 Å². The summed E-state index contributed by atoms with van der Waals surface area (Å²) < 4.78 is 0. The Morgan fingerprint density at radius 1 is 0.750 bits per heavy atom. The van der Waals surface area contributed by atoms with E-state index in [0.717, 1.165) is 5.56 Å². The third kappa shape index (κ3) is 2.31. The highest BCUT2D eigenvalue weighted by Gasteiger charge is 2.17. The predicted molar refractivity (Wildman–Crippen MR) is 66.3 cm³/mol. The standard InChI is InChI=1S/C15H16O/c1-12(13-8-4-2-5-9-13)15(16)14-10-6-3-7-11-14/h2-12,15-16H,1H3/t12-,15+/m0/s1. The number of aliphatic hydroxyl groups is 1. The van der Waals surface area contributed by atoms with E-state index in [4.69, 9.17) is 0 Å². The number of aliphatic hydroxyl groups excluding tert-OH is 1. The minimum atomic E-state index is -0.441. The van der Waals surface area contributed by atoms with Gasteiger partial charge in [0.2, 0.25) is 0 Å². The van der Waals surface area contributed by atoms with Crippen LogP contribution in [0.3, 0.4) is 0 Å². The Morgan fingerprint density at radius 2 is 1.19 bits per heavy atom. The highest BCUT2D eigenvalue weighted by atomic mass is 16.3. The molecule has 0 radical (unpaired) electrons. The van der Waals surface area contributed by atoms with Gasteiger partial charge in [-0.1, -0.05) is 67.6 Å². The highest BCUT2D eigenvalue weighted by molar-refractivity contribution is 5.25. The molecule has 1 N–H and O–H groups in total. The molecule has 0 aliphatic rings. The van der Waals surface area contributed by atoms with Crippen LogP contribution in [0.2, 0.25) is 0 Å². The molecular weight excluding hydrogens is 196 g/mol. The van der Waals surface area contributed by atoms with E-state index < -0.39 is 6.10 Å². The second kappa shape index (κ2) is 4.95. The fourth-order valence-electron chi connectivity index (χ4n) is 1.88. The van der Waals surface area contributed by atoms with Gasteiger partial charge in [-0.05, 0) is 11.1 Å². The van der Waals surface area contributed by atoms with Crippen molar-refractivity contribution in [2.75, 3.05) is 0 Å². The van der Waals surface area contributed by atoms with Crippen molar-refractivity contribution < 1.29 is 5.11 Å². The van der Waals surface area contributed by atoms with Crippen molar-refractivity contribution in [2.45, 2.75) is 18.9 Å². The summed E-state index contributed by atoms with van der Waals surface area (Å²) in [5.74, 6) is 0.114. The first-order valence-electron chi connectivity index (χ1n) is 5.57. The lowest BCUT2D eigenvalue weighted by Crippen LogP contribution is -2.07. The van der Waals surface area contributed by atoms with Gasteiger partial charge >= 0.3 is 0 Å². The molecule has 0 aromatic heterocycles. The van der Waals surface area contributed by atoms with Crippen LogP contribution in [0.1, 0.15) is 30.1 Å². The van der Waals surface area contributed by atoms with Gasteiger partial charge in [-0.25, -0.2) is 0 Å². The first kappa shape index (κ1) is 10.9. The van der Waals surface area contributed by atoms with Crippen LogP contribution in [-0.2, 0) is 0 Å². The van der Waals surface area contributed by atoms with E-state index in [1.54, 1.807) is 0 Å². The van der Waals surface area contributed by atoms with Crippen LogP contribution in [0.5, 0.6) is 0 Å². The maximum Gasteiger partial charge on any atom is 0.0855 e. The highest BCUT2D eigenvalue weighted by Crippen LogP contribution is 2.29. The van der Waals surface area contributed by atoms with Gasteiger partial charge in [0.25, 0.3) is 0 Å². The molecule has 1 heteroatoms. The molecule has 0 heterocycles. The van der Waals surface area contributed by atoms with Crippen LogP contribution in [0.4, 0.5) is 0 Å². The average molecular weight is 212 g/mol. The molecule has 0 fully saturated rings. The van der Waals surface area contributed by atoms with Gasteiger partial charge in [0, 0.05) is 5.92 Å². The zero-order chi connectivity index (χ0) is 11.4. The third-order valence-corrected chi connectivity index (χ3v) is 2.94. The summed E-state index contributed by atoms with van der Waals surface area (Å²) in [5, 5.41) is 10.2. The molecule has 2 aromatic rings. The maximum absolute atomic E-state index is 10.2. The van der Waals surface area contributed by atoms with Crippen LogP contribution in [-0.4, -0.2) is 5.11 Å². The Labute approximate surface area is 96.4 Å². The number of hydrogen-bond donors (Lipinski definition) is 1. The average Bonchev–Trinajstić information content (AvgIpc) is 2.39. The molecule has 0 aliphatic carbocycles. The summed E-state index contributed by atoms with van der Waals surface area (Å²) in [6.07, 6.45) is -0.441. The van der Waals surface area contributed by atoms with Gasteiger partial charge < -0.3 is 5.11 Å². The molecule has 2 rings (SSSR count). The van der Waals surface area contributed by atoms with Gasteiger partial charge in [0.05, 0.1) is 6.10 Å². The lowest BCUT2D eigenvalue weighted by molar-refractivity contribution is 0.151. The monoisotopic (exact) mass is 212 g/mol. The van der Waals surface area contributed by atoms with Crippen molar-refractivity contribution in [3.05, 3.63) is 71.8 Å². The maximum atomic E-state index is 10.2. The molecule has 82 valence electrons. The van der Waals surface area contributed by atoms with Crippen LogP contribution >= 0.6 is 0 Å². The van der Waals surface area contributed by atoms with E-state index in [-0.39, 0.29) is 5.92 Å². The molecule has 2 aromatic carbocycles. The lowest BCUT2D eigenvalue weighted by Gasteiger charge is -2.19. The van der Waals surface area contributed by atoms with Gasteiger partial charge in [-0.2, -0.15) is 0 Å². The van der Waals surface area contributed by atoms with E-state index in [1.807, 2.05) is 55.5 Å². The van der Waals surface area contributed by atoms with Crippen molar-refractivity contribution >= 4 is 0 Å². The molecule has 0 amide bonds. The number of benzene rings is 2. The van der Waals surface area contributed by atoms with Crippen molar-refractivity contribution in [3.8, 4) is 0 Å². The fraction of sp³-hybridized carbons (Fsp3) is 0.200. The molecule has 1 nitrogen and oxygen atoms in total. The Bertz CT molecular complexity index is 378. The molecule has 0 saturated carbocycles. The Hall–Kier alpha value is -1.60. The van der Waals surface area contributed by atoms with E-state index in [9.17, 15) is 5.11 Å². The van der Waals surface area contributed by atoms with Gasteiger partial charge in [-0.15, -0.1) is 0 Å². The Morgan fingerprint density at radius 3 is 1.69 bits per heavy atom.